The third-order valence-electron chi connectivity index (χ3n) is 6.21. The van der Waals surface area contributed by atoms with Gasteiger partial charge in [-0.2, -0.15) is 0 Å². The molecule has 0 radical (unpaired) electrons. The van der Waals surface area contributed by atoms with Crippen LogP contribution in [-0.2, 0) is 16.0 Å². The van der Waals surface area contributed by atoms with Gasteiger partial charge in [-0.3, -0.25) is 14.9 Å². The molecule has 37 heavy (non-hydrogen) atoms. The minimum absolute atomic E-state index is 0.218. The van der Waals surface area contributed by atoms with E-state index in [0.29, 0.717) is 36.8 Å². The second kappa shape index (κ2) is 11.8. The average molecular weight is 511 g/mol. The van der Waals surface area contributed by atoms with Crippen LogP contribution in [0.3, 0.4) is 0 Å². The lowest BCUT2D eigenvalue weighted by Crippen LogP contribution is -2.47. The van der Waals surface area contributed by atoms with Crippen LogP contribution in [0.1, 0.15) is 51.0 Å². The fourth-order valence-electron chi connectivity index (χ4n) is 4.50. The molecule has 1 amide bonds. The van der Waals surface area contributed by atoms with Gasteiger partial charge >= 0.3 is 6.09 Å². The van der Waals surface area contributed by atoms with E-state index in [1.54, 1.807) is 18.6 Å². The number of halogens is 1. The highest BCUT2D eigenvalue weighted by Crippen LogP contribution is 2.39. The number of rotatable bonds is 9. The predicted octanol–water partition coefficient (Wildman–Crippen LogP) is 4.35. The summed E-state index contributed by atoms with van der Waals surface area (Å²) in [4.78, 5) is 28.4. The van der Waals surface area contributed by atoms with Crippen LogP contribution in [0.2, 0.25) is 0 Å². The van der Waals surface area contributed by atoms with E-state index in [1.165, 1.54) is 4.90 Å². The molecule has 0 aliphatic carbocycles. The summed E-state index contributed by atoms with van der Waals surface area (Å²) in [6.45, 7) is 6.54. The van der Waals surface area contributed by atoms with E-state index < -0.39 is 30.0 Å². The molecule has 1 fully saturated rings. The number of carbonyl (C=O) groups is 1. The smallest absolute Gasteiger partial charge is 0.412 e. The van der Waals surface area contributed by atoms with E-state index in [0.717, 1.165) is 12.0 Å². The van der Waals surface area contributed by atoms with Crippen LogP contribution in [0.15, 0.2) is 55.1 Å². The Morgan fingerprint density at radius 2 is 2.05 bits per heavy atom. The first-order valence-corrected chi connectivity index (χ1v) is 12.6. The summed E-state index contributed by atoms with van der Waals surface area (Å²) < 4.78 is 28.0. The average Bonchev–Trinajstić information content (AvgIpc) is 3.54. The Hall–Kier alpha value is -3.37. The highest BCUT2D eigenvalue weighted by Gasteiger charge is 2.41. The maximum absolute atomic E-state index is 14.8. The van der Waals surface area contributed by atoms with E-state index in [2.05, 4.69) is 9.97 Å². The lowest BCUT2D eigenvalue weighted by molar-refractivity contribution is -0.0868. The Morgan fingerprint density at radius 3 is 2.68 bits per heavy atom. The first-order valence-electron chi connectivity index (χ1n) is 12.6. The zero-order valence-corrected chi connectivity index (χ0v) is 21.6. The minimum atomic E-state index is -1.43. The monoisotopic (exact) mass is 510 g/mol. The van der Waals surface area contributed by atoms with Crippen LogP contribution in [0.4, 0.5) is 9.18 Å². The Morgan fingerprint density at radius 1 is 1.27 bits per heavy atom. The molecule has 4 rings (SSSR count). The SMILES string of the molecule is CC(C)(C)[C@H](c1nc(-c2cnccn2)cn1Cc1ccccc1)N(C[C@H](F)CN)C(=O)O[C@H]1CCCO1. The van der Waals surface area contributed by atoms with Crippen molar-refractivity contribution in [1.82, 2.24) is 24.4 Å². The van der Waals surface area contributed by atoms with Crippen LogP contribution in [0.25, 0.3) is 11.4 Å². The van der Waals surface area contributed by atoms with Gasteiger partial charge in [0.25, 0.3) is 0 Å². The molecule has 1 aromatic carbocycles. The van der Waals surface area contributed by atoms with Crippen molar-refractivity contribution in [2.45, 2.75) is 58.7 Å². The summed E-state index contributed by atoms with van der Waals surface area (Å²) in [5.41, 5.74) is 7.35. The third kappa shape index (κ3) is 6.69. The molecule has 3 atom stereocenters. The number of nitrogens with two attached hydrogens (primary N) is 1. The maximum atomic E-state index is 14.8. The second-order valence-electron chi connectivity index (χ2n) is 10.3. The Kier molecular flexibility index (Phi) is 8.50. The molecule has 10 heteroatoms. The van der Waals surface area contributed by atoms with Gasteiger partial charge in [0.2, 0.25) is 6.29 Å². The Bertz CT molecular complexity index is 1150. The Labute approximate surface area is 216 Å². The van der Waals surface area contributed by atoms with Gasteiger partial charge in [0.1, 0.15) is 23.4 Å². The third-order valence-corrected chi connectivity index (χ3v) is 6.21. The van der Waals surface area contributed by atoms with Gasteiger partial charge in [-0.15, -0.1) is 0 Å². The number of benzene rings is 1. The molecular weight excluding hydrogens is 475 g/mol. The molecule has 9 nitrogen and oxygen atoms in total. The van der Waals surface area contributed by atoms with Crippen molar-refractivity contribution in [2.75, 3.05) is 19.7 Å². The van der Waals surface area contributed by atoms with E-state index in [4.69, 9.17) is 20.2 Å². The maximum Gasteiger partial charge on any atom is 0.412 e. The molecule has 0 bridgehead atoms. The summed E-state index contributed by atoms with van der Waals surface area (Å²) in [6.07, 6.45) is 5.41. The van der Waals surface area contributed by atoms with Crippen molar-refractivity contribution in [2.24, 2.45) is 11.1 Å². The van der Waals surface area contributed by atoms with Crippen molar-refractivity contribution >= 4 is 6.09 Å². The molecule has 3 heterocycles. The highest BCUT2D eigenvalue weighted by atomic mass is 19.1. The largest absolute Gasteiger partial charge is 0.419 e. The van der Waals surface area contributed by atoms with Crippen molar-refractivity contribution in [3.63, 3.8) is 0 Å². The Balaban J connectivity index is 1.80. The first-order chi connectivity index (χ1) is 17.8. The predicted molar refractivity (Wildman–Crippen MR) is 137 cm³/mol. The molecular formula is C27H35FN6O3. The second-order valence-corrected chi connectivity index (χ2v) is 10.3. The van der Waals surface area contributed by atoms with Crippen molar-refractivity contribution < 1.29 is 18.7 Å². The lowest BCUT2D eigenvalue weighted by atomic mass is 9.84. The van der Waals surface area contributed by atoms with Crippen LogP contribution < -0.4 is 5.73 Å². The topological polar surface area (TPSA) is 108 Å². The zero-order chi connectivity index (χ0) is 26.4. The molecule has 1 aliphatic heterocycles. The number of hydrogen-bond donors (Lipinski definition) is 1. The normalized spacial score (nSPS) is 17.4. The molecule has 0 saturated carbocycles. The standard InChI is InChI=1S/C27H35FN6O3/c1-27(2,3)24(34(17-20(28)14-29)26(35)37-23-10-7-13-36-23)25-32-22(21-15-30-11-12-31-21)18-33(25)16-19-8-5-4-6-9-19/h4-6,8-9,11-12,15,18,20,23-24H,7,10,13-14,16-17,29H2,1-3H3/t20-,23+,24+/m1/s1. The number of imidazole rings is 1. The molecule has 0 unspecified atom stereocenters. The van der Waals surface area contributed by atoms with Crippen LogP contribution in [0, 0.1) is 5.41 Å². The van der Waals surface area contributed by atoms with Gasteiger partial charge in [-0.1, -0.05) is 51.1 Å². The lowest BCUT2D eigenvalue weighted by Gasteiger charge is -2.40. The van der Waals surface area contributed by atoms with Gasteiger partial charge < -0.3 is 19.8 Å². The van der Waals surface area contributed by atoms with Gasteiger partial charge in [-0.25, -0.2) is 14.2 Å². The number of alkyl halides is 1. The molecule has 3 aromatic rings. The van der Waals surface area contributed by atoms with Crippen LogP contribution in [0.5, 0.6) is 0 Å². The quantitative estimate of drug-likeness (QED) is 0.456. The summed E-state index contributed by atoms with van der Waals surface area (Å²) in [6, 6.07) is 9.30. The van der Waals surface area contributed by atoms with E-state index >= 15 is 0 Å². The van der Waals surface area contributed by atoms with Crippen LogP contribution >= 0.6 is 0 Å². The molecule has 198 valence electrons. The summed E-state index contributed by atoms with van der Waals surface area (Å²) in [5, 5.41) is 0. The number of aromatic nitrogens is 4. The van der Waals surface area contributed by atoms with E-state index in [-0.39, 0.29) is 13.1 Å². The van der Waals surface area contributed by atoms with Crippen molar-refractivity contribution in [1.29, 1.82) is 0 Å². The molecule has 1 aliphatic rings. The molecule has 2 aromatic heterocycles. The zero-order valence-electron chi connectivity index (χ0n) is 21.6. The van der Waals surface area contributed by atoms with E-state index in [9.17, 15) is 9.18 Å². The summed E-state index contributed by atoms with van der Waals surface area (Å²) in [5.74, 6) is 0.588. The number of ether oxygens (including phenoxy) is 2. The van der Waals surface area contributed by atoms with Crippen molar-refractivity contribution in [3.8, 4) is 11.4 Å². The first kappa shape index (κ1) is 26.7. The number of hydrogen-bond acceptors (Lipinski definition) is 7. The highest BCUT2D eigenvalue weighted by molar-refractivity contribution is 5.68. The fourth-order valence-corrected chi connectivity index (χ4v) is 4.50. The van der Waals surface area contributed by atoms with Gasteiger partial charge in [0, 0.05) is 38.1 Å². The van der Waals surface area contributed by atoms with Gasteiger partial charge in [0.05, 0.1) is 25.4 Å². The molecule has 0 spiro atoms. The molecule has 2 N–H and O–H groups in total. The van der Waals surface area contributed by atoms with Crippen LogP contribution in [-0.4, -0.2) is 62.7 Å². The van der Waals surface area contributed by atoms with Gasteiger partial charge in [0.15, 0.2) is 0 Å². The fraction of sp³-hybridized carbons (Fsp3) is 0.481. The van der Waals surface area contributed by atoms with Gasteiger partial charge in [-0.05, 0) is 17.4 Å². The van der Waals surface area contributed by atoms with Crippen molar-refractivity contribution in [3.05, 3.63) is 66.5 Å². The summed E-state index contributed by atoms with van der Waals surface area (Å²) in [7, 11) is 0. The number of carbonyl (C=O) groups excluding carboxylic acids is 1. The number of nitrogens with zero attached hydrogens (tertiary/aromatic N) is 5. The molecule has 1 saturated heterocycles. The minimum Gasteiger partial charge on any atom is -0.419 e. The summed E-state index contributed by atoms with van der Waals surface area (Å²) >= 11 is 0. The van der Waals surface area contributed by atoms with E-state index in [1.807, 2.05) is 61.9 Å². The number of amides is 1.